The lowest BCUT2D eigenvalue weighted by molar-refractivity contribution is -0.0504. The molecule has 0 radical (unpaired) electrons. The molecule has 0 saturated heterocycles. The number of hydrogen-bond acceptors (Lipinski definition) is 4. The van der Waals surface area contributed by atoms with Gasteiger partial charge in [-0.25, -0.2) is 4.98 Å². The molecule has 1 aliphatic rings. The molecule has 2 aromatic carbocycles. The number of carbonyl (C=O) groups excluding carboxylic acids is 1. The Morgan fingerprint density at radius 3 is 2.57 bits per heavy atom. The Morgan fingerprint density at radius 2 is 1.86 bits per heavy atom. The first-order valence-electron chi connectivity index (χ1n) is 8.99. The van der Waals surface area contributed by atoms with E-state index in [2.05, 4.69) is 15.0 Å². The zero-order valence-corrected chi connectivity index (χ0v) is 14.9. The molecule has 0 atom stereocenters. The van der Waals surface area contributed by atoms with Gasteiger partial charge in [-0.3, -0.25) is 4.79 Å². The Kier molecular flexibility index (Phi) is 5.06. The molecule has 7 heteroatoms. The van der Waals surface area contributed by atoms with Crippen LogP contribution in [0.1, 0.15) is 40.6 Å². The molecule has 0 spiro atoms. The van der Waals surface area contributed by atoms with Crippen molar-refractivity contribution in [3.63, 3.8) is 0 Å². The van der Waals surface area contributed by atoms with E-state index in [-0.39, 0.29) is 23.9 Å². The largest absolute Gasteiger partial charge is 0.440 e. The molecule has 1 aliphatic carbocycles. The minimum absolute atomic E-state index is 0.0327. The first kappa shape index (κ1) is 18.2. The minimum Gasteiger partial charge on any atom is -0.440 e. The second-order valence-electron chi connectivity index (χ2n) is 6.54. The van der Waals surface area contributed by atoms with Crippen LogP contribution in [0.25, 0.3) is 11.5 Å². The molecule has 0 aliphatic heterocycles. The van der Waals surface area contributed by atoms with Crippen molar-refractivity contribution < 1.29 is 22.7 Å². The summed E-state index contributed by atoms with van der Waals surface area (Å²) >= 11 is 0. The van der Waals surface area contributed by atoms with Crippen LogP contribution in [-0.4, -0.2) is 17.5 Å². The summed E-state index contributed by atoms with van der Waals surface area (Å²) in [6, 6.07) is 15.7. The highest BCUT2D eigenvalue weighted by Gasteiger charge is 2.34. The summed E-state index contributed by atoms with van der Waals surface area (Å²) in [7, 11) is 0. The molecule has 1 amide bonds. The van der Waals surface area contributed by atoms with Crippen LogP contribution in [0.3, 0.4) is 0 Å². The van der Waals surface area contributed by atoms with Crippen molar-refractivity contribution in [2.24, 2.45) is 0 Å². The number of hydrogen-bond donors (Lipinski definition) is 1. The lowest BCUT2D eigenvalue weighted by atomic mass is 10.2. The van der Waals surface area contributed by atoms with Gasteiger partial charge >= 0.3 is 6.61 Å². The van der Waals surface area contributed by atoms with Gasteiger partial charge in [-0.1, -0.05) is 36.4 Å². The maximum absolute atomic E-state index is 12.7. The van der Waals surface area contributed by atoms with E-state index in [0.29, 0.717) is 17.2 Å². The van der Waals surface area contributed by atoms with Gasteiger partial charge in [0, 0.05) is 23.6 Å². The van der Waals surface area contributed by atoms with E-state index >= 15 is 0 Å². The normalized spacial score (nSPS) is 13.5. The standard InChI is InChI=1S/C21H18F2N2O3/c22-21(23)27-16-9-5-4-8-15(16)12-24-19(26)17-18(13-10-11-13)28-20(25-17)14-6-2-1-3-7-14/h1-9,13,21H,10-12H2,(H,24,26). The average molecular weight is 384 g/mol. The molecule has 144 valence electrons. The van der Waals surface area contributed by atoms with Crippen LogP contribution >= 0.6 is 0 Å². The van der Waals surface area contributed by atoms with Crippen molar-refractivity contribution in [2.75, 3.05) is 0 Å². The van der Waals surface area contributed by atoms with Gasteiger partial charge < -0.3 is 14.5 Å². The van der Waals surface area contributed by atoms with Crippen LogP contribution in [-0.2, 0) is 6.54 Å². The number of nitrogens with zero attached hydrogens (tertiary/aromatic N) is 1. The van der Waals surface area contributed by atoms with Crippen molar-refractivity contribution in [1.29, 1.82) is 0 Å². The summed E-state index contributed by atoms with van der Waals surface area (Å²) in [5.41, 5.74) is 1.49. The number of aromatic nitrogens is 1. The molecule has 1 saturated carbocycles. The molecule has 1 N–H and O–H groups in total. The number of halogens is 2. The molecule has 5 nitrogen and oxygen atoms in total. The second kappa shape index (κ2) is 7.80. The second-order valence-corrected chi connectivity index (χ2v) is 6.54. The quantitative estimate of drug-likeness (QED) is 0.638. The third-order valence-electron chi connectivity index (χ3n) is 4.47. The van der Waals surface area contributed by atoms with Crippen molar-refractivity contribution in [1.82, 2.24) is 10.3 Å². The number of carbonyl (C=O) groups is 1. The highest BCUT2D eigenvalue weighted by Crippen LogP contribution is 2.43. The Labute approximate surface area is 160 Å². The van der Waals surface area contributed by atoms with Gasteiger partial charge in [0.2, 0.25) is 5.89 Å². The number of para-hydroxylation sites is 1. The van der Waals surface area contributed by atoms with Crippen molar-refractivity contribution in [3.05, 3.63) is 71.6 Å². The summed E-state index contributed by atoms with van der Waals surface area (Å²) in [5.74, 6) is 0.799. The van der Waals surface area contributed by atoms with Crippen LogP contribution in [0.2, 0.25) is 0 Å². The monoisotopic (exact) mass is 384 g/mol. The van der Waals surface area contributed by atoms with Gasteiger partial charge in [-0.2, -0.15) is 8.78 Å². The Balaban J connectivity index is 1.53. The molecular formula is C21H18F2N2O3. The van der Waals surface area contributed by atoms with E-state index < -0.39 is 12.5 Å². The molecule has 4 rings (SSSR count). The summed E-state index contributed by atoms with van der Waals surface area (Å²) < 4.78 is 35.5. The predicted molar refractivity (Wildman–Crippen MR) is 98.2 cm³/mol. The van der Waals surface area contributed by atoms with Gasteiger partial charge in [-0.05, 0) is 31.0 Å². The van der Waals surface area contributed by atoms with E-state index in [1.807, 2.05) is 30.3 Å². The average Bonchev–Trinajstić information content (AvgIpc) is 3.45. The smallest absolute Gasteiger partial charge is 0.387 e. The number of alkyl halides is 2. The number of ether oxygens (including phenoxy) is 1. The third kappa shape index (κ3) is 4.03. The van der Waals surface area contributed by atoms with Crippen molar-refractivity contribution in [2.45, 2.75) is 31.9 Å². The summed E-state index contributed by atoms with van der Waals surface area (Å²) in [5, 5.41) is 2.73. The van der Waals surface area contributed by atoms with Crippen LogP contribution in [0.15, 0.2) is 59.0 Å². The Morgan fingerprint density at radius 1 is 1.14 bits per heavy atom. The lowest BCUT2D eigenvalue weighted by Crippen LogP contribution is -2.24. The molecule has 3 aromatic rings. The first-order valence-corrected chi connectivity index (χ1v) is 8.99. The van der Waals surface area contributed by atoms with Crippen molar-refractivity contribution in [3.8, 4) is 17.2 Å². The molecule has 28 heavy (non-hydrogen) atoms. The SMILES string of the molecule is O=C(NCc1ccccc1OC(F)F)c1nc(-c2ccccc2)oc1C1CC1. The zero-order chi connectivity index (χ0) is 19.5. The Bertz CT molecular complexity index is 969. The number of benzene rings is 2. The first-order chi connectivity index (χ1) is 13.6. The van der Waals surface area contributed by atoms with Gasteiger partial charge in [0.25, 0.3) is 5.91 Å². The fraction of sp³-hybridized carbons (Fsp3) is 0.238. The van der Waals surface area contributed by atoms with Gasteiger partial charge in [0.15, 0.2) is 5.69 Å². The summed E-state index contributed by atoms with van der Waals surface area (Å²) in [6.45, 7) is -2.89. The molecule has 0 bridgehead atoms. The van der Waals surface area contributed by atoms with E-state index in [9.17, 15) is 13.6 Å². The van der Waals surface area contributed by atoms with E-state index in [1.165, 1.54) is 6.07 Å². The highest BCUT2D eigenvalue weighted by molar-refractivity contribution is 5.94. The summed E-state index contributed by atoms with van der Waals surface area (Å²) in [6.07, 6.45) is 1.91. The fourth-order valence-electron chi connectivity index (χ4n) is 2.94. The van der Waals surface area contributed by atoms with Crippen molar-refractivity contribution >= 4 is 5.91 Å². The predicted octanol–water partition coefficient (Wildman–Crippen LogP) is 4.75. The zero-order valence-electron chi connectivity index (χ0n) is 14.9. The van der Waals surface area contributed by atoms with Crippen LogP contribution in [0.4, 0.5) is 8.78 Å². The molecule has 1 aromatic heterocycles. The van der Waals surface area contributed by atoms with Gasteiger partial charge in [0.05, 0.1) is 0 Å². The van der Waals surface area contributed by atoms with Crippen LogP contribution < -0.4 is 10.1 Å². The molecule has 0 unspecified atom stereocenters. The van der Waals surface area contributed by atoms with E-state index in [0.717, 1.165) is 18.4 Å². The fourth-order valence-corrected chi connectivity index (χ4v) is 2.94. The Hall–Kier alpha value is -3.22. The highest BCUT2D eigenvalue weighted by atomic mass is 19.3. The van der Waals surface area contributed by atoms with Crippen LogP contribution in [0, 0.1) is 0 Å². The number of oxazole rings is 1. The van der Waals surface area contributed by atoms with E-state index in [1.54, 1.807) is 18.2 Å². The summed E-state index contributed by atoms with van der Waals surface area (Å²) in [4.78, 5) is 17.1. The maximum atomic E-state index is 12.7. The van der Waals surface area contributed by atoms with Gasteiger partial charge in [0.1, 0.15) is 11.5 Å². The molecule has 1 heterocycles. The topological polar surface area (TPSA) is 64.4 Å². The maximum Gasteiger partial charge on any atom is 0.387 e. The van der Waals surface area contributed by atoms with Crippen LogP contribution in [0.5, 0.6) is 5.75 Å². The molecule has 1 fully saturated rings. The van der Waals surface area contributed by atoms with Gasteiger partial charge in [-0.15, -0.1) is 0 Å². The number of rotatable bonds is 7. The number of amides is 1. The molecular weight excluding hydrogens is 366 g/mol. The van der Waals surface area contributed by atoms with E-state index in [4.69, 9.17) is 4.42 Å². The third-order valence-corrected chi connectivity index (χ3v) is 4.47. The lowest BCUT2D eigenvalue weighted by Gasteiger charge is -2.11. The number of nitrogens with one attached hydrogen (secondary N) is 1. The minimum atomic E-state index is -2.93.